The van der Waals surface area contributed by atoms with E-state index in [0.29, 0.717) is 23.1 Å². The minimum absolute atomic E-state index is 0.231. The van der Waals surface area contributed by atoms with E-state index in [9.17, 15) is 4.39 Å². The lowest BCUT2D eigenvalue weighted by atomic mass is 9.98. The molecule has 0 unspecified atom stereocenters. The predicted molar refractivity (Wildman–Crippen MR) is 358 cm³/mol. The van der Waals surface area contributed by atoms with Crippen LogP contribution in [0.25, 0.3) is 133 Å². The third kappa shape index (κ3) is 11.0. The zero-order valence-corrected chi connectivity index (χ0v) is 52.4. The van der Waals surface area contributed by atoms with Gasteiger partial charge in [-0.3, -0.25) is 0 Å². The molecule has 0 radical (unpaired) electrons. The molecule has 15 rings (SSSR count). The van der Waals surface area contributed by atoms with Gasteiger partial charge in [0.25, 0.3) is 0 Å². The molecular formula is C79H70FN6O3+3. The average molecular weight is 1170 g/mol. The summed E-state index contributed by atoms with van der Waals surface area (Å²) >= 11 is 0. The second-order valence-electron chi connectivity index (χ2n) is 24.0. The first-order chi connectivity index (χ1) is 42.9. The molecule has 89 heavy (non-hydrogen) atoms. The molecule has 0 aliphatic rings. The van der Waals surface area contributed by atoms with Crippen LogP contribution >= 0.6 is 0 Å². The van der Waals surface area contributed by atoms with E-state index in [-0.39, 0.29) is 5.82 Å². The third-order valence-electron chi connectivity index (χ3n) is 17.2. The highest BCUT2D eigenvalue weighted by atomic mass is 19.1. The lowest BCUT2D eigenvalue weighted by Crippen LogP contribution is -2.31. The van der Waals surface area contributed by atoms with Crippen LogP contribution in [0.5, 0.6) is 0 Å². The molecule has 9 nitrogen and oxygen atoms in total. The van der Waals surface area contributed by atoms with Crippen molar-refractivity contribution in [3.8, 4) is 67.2 Å². The standard InChI is InChI=1S/C28H27N2O.C26H23N2O.C25H20FN2O/c1-17(2)20-8-10-21(11-9-20)22-12-15-25(30(5)16-22)26-18(3)6-13-23-24-14-7-19(4)29-28(24)31-27(23)26;1-16-5-9-19(10-6-16)20-11-14-23(28(4)15-20)24-17(2)7-12-21-22-13-8-18(3)27-26(22)29-25(21)24;1-15-4-11-20-21-12-5-16(2)27-25(21)29-24(20)23(15)22-13-8-18(14-28(22)3)17-6-9-19(26)10-7-17/h6-17H,1-5H3;5-15H,1-4H3;4-14H,1-3H3/q3*+1. The molecule has 15 aromatic rings. The minimum atomic E-state index is -0.231. The summed E-state index contributed by atoms with van der Waals surface area (Å²) in [5, 5.41) is 6.43. The maximum Gasteiger partial charge on any atom is 0.227 e. The van der Waals surface area contributed by atoms with Crippen molar-refractivity contribution in [2.45, 2.75) is 68.2 Å². The van der Waals surface area contributed by atoms with E-state index < -0.39 is 0 Å². The van der Waals surface area contributed by atoms with Crippen molar-refractivity contribution in [2.75, 3.05) is 0 Å². The van der Waals surface area contributed by atoms with Crippen LogP contribution in [0.1, 0.15) is 64.7 Å². The van der Waals surface area contributed by atoms with Crippen LogP contribution in [0.3, 0.4) is 0 Å². The Labute approximate surface area is 517 Å². The Hall–Kier alpha value is -10.5. The number of aryl methyl sites for hydroxylation is 10. The van der Waals surface area contributed by atoms with Crippen LogP contribution in [0.15, 0.2) is 214 Å². The molecule has 0 saturated carbocycles. The SMILES string of the molecule is Cc1ccc(-c2ccc(-c3c(C)ccc4c3oc3nc(C)ccc34)[n+](C)c2)cc1.Cc1ccc2c(n1)oc1c(-c3ccc(-c4ccc(C(C)C)cc4)c[n+]3C)c(C)ccc12.Cc1ccc2c(n1)oc1c(-c3ccc(-c4ccc(F)cc4)c[n+]3C)c(C)ccc12. The molecule has 9 aromatic heterocycles. The molecule has 0 amide bonds. The van der Waals surface area contributed by atoms with Crippen LogP contribution in [-0.2, 0) is 21.1 Å². The third-order valence-corrected chi connectivity index (χ3v) is 17.2. The monoisotopic (exact) mass is 1170 g/mol. The fourth-order valence-electron chi connectivity index (χ4n) is 12.3. The number of furan rings is 3. The molecule has 0 spiro atoms. The number of fused-ring (bicyclic) bond motifs is 9. The fraction of sp³-hybridized carbons (Fsp3) is 0.165. The van der Waals surface area contributed by atoms with Gasteiger partial charge >= 0.3 is 0 Å². The summed E-state index contributed by atoms with van der Waals surface area (Å²) in [5.74, 6) is 0.309. The molecule has 10 heteroatoms. The summed E-state index contributed by atoms with van der Waals surface area (Å²) in [6.45, 7) is 18.9. The molecule has 9 heterocycles. The van der Waals surface area contributed by atoms with E-state index in [1.807, 2.05) is 46.0 Å². The maximum absolute atomic E-state index is 13.3. The van der Waals surface area contributed by atoms with Gasteiger partial charge in [0.05, 0.1) is 16.7 Å². The van der Waals surface area contributed by atoms with Crippen molar-refractivity contribution in [2.24, 2.45) is 21.1 Å². The highest BCUT2D eigenvalue weighted by Crippen LogP contribution is 2.40. The first kappa shape index (κ1) is 57.6. The molecule has 6 aromatic carbocycles. The van der Waals surface area contributed by atoms with Gasteiger partial charge in [-0.05, 0) is 160 Å². The largest absolute Gasteiger partial charge is 0.437 e. The van der Waals surface area contributed by atoms with E-state index in [1.165, 1.54) is 56.6 Å². The van der Waals surface area contributed by atoms with Crippen molar-refractivity contribution < 1.29 is 31.3 Å². The van der Waals surface area contributed by atoms with Crippen molar-refractivity contribution >= 4 is 66.2 Å². The van der Waals surface area contributed by atoms with Crippen LogP contribution in [0.2, 0.25) is 0 Å². The smallest absolute Gasteiger partial charge is 0.227 e. The van der Waals surface area contributed by atoms with Gasteiger partial charge in [-0.2, -0.15) is 0 Å². The average Bonchev–Trinajstić information content (AvgIpc) is 1.70. The van der Waals surface area contributed by atoms with Crippen molar-refractivity contribution in [3.05, 3.63) is 251 Å². The van der Waals surface area contributed by atoms with Gasteiger partial charge in [0, 0.05) is 84.3 Å². The molecule has 0 saturated heterocycles. The zero-order valence-electron chi connectivity index (χ0n) is 52.4. The summed E-state index contributed by atoms with van der Waals surface area (Å²) in [7, 11) is 6.21. The van der Waals surface area contributed by atoms with Gasteiger partial charge in [0.15, 0.2) is 35.3 Å². The van der Waals surface area contributed by atoms with E-state index in [0.717, 1.165) is 117 Å². The van der Waals surface area contributed by atoms with Crippen molar-refractivity contribution in [1.82, 2.24) is 15.0 Å². The molecule has 0 aliphatic heterocycles. The number of pyridine rings is 6. The van der Waals surface area contributed by atoms with Gasteiger partial charge in [-0.15, -0.1) is 0 Å². The number of benzene rings is 6. The highest BCUT2D eigenvalue weighted by molar-refractivity contribution is 6.11. The summed E-state index contributed by atoms with van der Waals surface area (Å²) in [5.41, 5.74) is 27.2. The van der Waals surface area contributed by atoms with Crippen LogP contribution in [-0.4, -0.2) is 15.0 Å². The normalized spacial score (nSPS) is 11.5. The Morgan fingerprint density at radius 3 is 0.933 bits per heavy atom. The second-order valence-corrected chi connectivity index (χ2v) is 24.0. The molecular weight excluding hydrogens is 1100 g/mol. The number of hydrogen-bond donors (Lipinski definition) is 0. The van der Waals surface area contributed by atoms with Gasteiger partial charge in [0.1, 0.15) is 27.0 Å². The van der Waals surface area contributed by atoms with E-state index in [4.69, 9.17) is 13.3 Å². The molecule has 0 fully saturated rings. The lowest BCUT2D eigenvalue weighted by Gasteiger charge is -2.09. The minimum Gasteiger partial charge on any atom is -0.437 e. The van der Waals surface area contributed by atoms with E-state index in [2.05, 4.69) is 242 Å². The topological polar surface area (TPSA) is 89.7 Å². The predicted octanol–water partition coefficient (Wildman–Crippen LogP) is 18.8. The van der Waals surface area contributed by atoms with Crippen LogP contribution < -0.4 is 13.7 Å². The number of nitrogens with zero attached hydrogens (tertiary/aromatic N) is 6. The molecule has 0 aliphatic carbocycles. The second kappa shape index (κ2) is 23.3. The first-order valence-electron chi connectivity index (χ1n) is 30.3. The zero-order chi connectivity index (χ0) is 61.9. The molecule has 0 atom stereocenters. The molecule has 438 valence electrons. The molecule has 0 N–H and O–H groups in total. The van der Waals surface area contributed by atoms with Gasteiger partial charge < -0.3 is 13.3 Å². The Balaban J connectivity index is 0.000000123. The summed E-state index contributed by atoms with van der Waals surface area (Å²) in [6.07, 6.45) is 6.44. The van der Waals surface area contributed by atoms with Gasteiger partial charge in [0.2, 0.25) is 34.2 Å². The van der Waals surface area contributed by atoms with Gasteiger partial charge in [-0.25, -0.2) is 33.0 Å². The Morgan fingerprint density at radius 1 is 0.326 bits per heavy atom. The lowest BCUT2D eigenvalue weighted by molar-refractivity contribution is -0.660. The quantitative estimate of drug-likeness (QED) is 0.148. The number of hydrogen-bond acceptors (Lipinski definition) is 6. The van der Waals surface area contributed by atoms with E-state index in [1.54, 1.807) is 12.1 Å². The van der Waals surface area contributed by atoms with Crippen LogP contribution in [0, 0.1) is 54.3 Å². The Kier molecular flexibility index (Phi) is 15.1. The van der Waals surface area contributed by atoms with E-state index >= 15 is 0 Å². The Bertz CT molecular complexity index is 5010. The van der Waals surface area contributed by atoms with Crippen molar-refractivity contribution in [1.29, 1.82) is 0 Å². The van der Waals surface area contributed by atoms with Crippen LogP contribution in [0.4, 0.5) is 4.39 Å². The summed E-state index contributed by atoms with van der Waals surface area (Å²) in [6, 6.07) is 62.2. The van der Waals surface area contributed by atoms with Crippen molar-refractivity contribution in [3.63, 3.8) is 0 Å². The number of rotatable bonds is 7. The van der Waals surface area contributed by atoms with Gasteiger partial charge in [-0.1, -0.05) is 116 Å². The first-order valence-corrected chi connectivity index (χ1v) is 30.3. The highest BCUT2D eigenvalue weighted by Gasteiger charge is 2.25. The Morgan fingerprint density at radius 2 is 0.618 bits per heavy atom. The molecule has 0 bridgehead atoms. The maximum atomic E-state index is 13.3. The number of halogens is 1. The summed E-state index contributed by atoms with van der Waals surface area (Å²) < 4.78 is 38.5. The fourth-order valence-corrected chi connectivity index (χ4v) is 12.3. The summed E-state index contributed by atoms with van der Waals surface area (Å²) in [4.78, 5) is 13.7. The number of aromatic nitrogens is 6.